The topological polar surface area (TPSA) is 43.8 Å². The molecule has 5 rings (SSSR count). The minimum Gasteiger partial charge on any atom is -0.487 e. The first kappa shape index (κ1) is 18.7. The molecular weight excluding hydrogens is 388 g/mol. The molecular formula is C23H23ClN2O3. The Labute approximate surface area is 175 Å². The summed E-state index contributed by atoms with van der Waals surface area (Å²) >= 11 is 6.26. The van der Waals surface area contributed by atoms with Crippen LogP contribution in [-0.4, -0.2) is 37.1 Å². The van der Waals surface area contributed by atoms with E-state index in [-0.39, 0.29) is 5.79 Å². The summed E-state index contributed by atoms with van der Waals surface area (Å²) in [5.74, 6) is 1.34. The number of para-hydroxylation sites is 1. The summed E-state index contributed by atoms with van der Waals surface area (Å²) in [6, 6.07) is 17.9. The smallest absolute Gasteiger partial charge is 0.171 e. The zero-order chi connectivity index (χ0) is 19.7. The Morgan fingerprint density at radius 1 is 0.966 bits per heavy atom. The molecule has 0 saturated carbocycles. The first-order chi connectivity index (χ1) is 14.2. The van der Waals surface area contributed by atoms with Gasteiger partial charge in [-0.05, 0) is 24.3 Å². The largest absolute Gasteiger partial charge is 0.487 e. The number of anilines is 1. The lowest BCUT2D eigenvalue weighted by molar-refractivity contribution is -0.169. The monoisotopic (exact) mass is 410 g/mol. The van der Waals surface area contributed by atoms with Crippen molar-refractivity contribution in [3.05, 3.63) is 65.2 Å². The number of fused-ring (bicyclic) bond motifs is 1. The van der Waals surface area contributed by atoms with Crippen LogP contribution < -0.4 is 9.64 Å². The molecule has 3 heterocycles. The number of piperidine rings is 1. The number of nitrogens with zero attached hydrogens (tertiary/aromatic N) is 2. The molecule has 1 aromatic heterocycles. The van der Waals surface area contributed by atoms with Gasteiger partial charge in [0.15, 0.2) is 5.79 Å². The van der Waals surface area contributed by atoms with Gasteiger partial charge in [0.25, 0.3) is 0 Å². The highest BCUT2D eigenvalue weighted by Crippen LogP contribution is 2.34. The lowest BCUT2D eigenvalue weighted by Crippen LogP contribution is -2.45. The molecule has 2 aliphatic heterocycles. The first-order valence-electron chi connectivity index (χ1n) is 10.0. The van der Waals surface area contributed by atoms with Crippen molar-refractivity contribution in [2.24, 2.45) is 0 Å². The van der Waals surface area contributed by atoms with Crippen LogP contribution in [-0.2, 0) is 16.1 Å². The molecule has 150 valence electrons. The first-order valence-corrected chi connectivity index (χ1v) is 10.4. The molecule has 2 aromatic carbocycles. The molecule has 1 spiro atoms. The third kappa shape index (κ3) is 3.78. The number of rotatable bonds is 4. The van der Waals surface area contributed by atoms with Crippen LogP contribution >= 0.6 is 11.6 Å². The van der Waals surface area contributed by atoms with Crippen molar-refractivity contribution >= 4 is 28.3 Å². The predicted molar refractivity (Wildman–Crippen MR) is 114 cm³/mol. The van der Waals surface area contributed by atoms with Gasteiger partial charge in [0, 0.05) is 41.9 Å². The van der Waals surface area contributed by atoms with E-state index in [0.717, 1.165) is 54.0 Å². The van der Waals surface area contributed by atoms with Crippen molar-refractivity contribution in [3.8, 4) is 5.75 Å². The fourth-order valence-electron chi connectivity index (χ4n) is 4.04. The predicted octanol–water partition coefficient (Wildman–Crippen LogP) is 4.81. The molecule has 0 unspecified atom stereocenters. The molecule has 0 amide bonds. The van der Waals surface area contributed by atoms with Gasteiger partial charge in [-0.25, -0.2) is 4.98 Å². The zero-order valence-corrected chi connectivity index (χ0v) is 16.9. The van der Waals surface area contributed by atoms with Gasteiger partial charge in [-0.3, -0.25) is 0 Å². The number of hydrogen-bond donors (Lipinski definition) is 0. The van der Waals surface area contributed by atoms with Gasteiger partial charge in [0.05, 0.1) is 13.2 Å². The van der Waals surface area contributed by atoms with Gasteiger partial charge < -0.3 is 19.1 Å². The molecule has 2 aliphatic rings. The van der Waals surface area contributed by atoms with Crippen LogP contribution in [0.3, 0.4) is 0 Å². The van der Waals surface area contributed by atoms with E-state index in [2.05, 4.69) is 23.1 Å². The Morgan fingerprint density at radius 2 is 1.76 bits per heavy atom. The van der Waals surface area contributed by atoms with Crippen molar-refractivity contribution in [1.29, 1.82) is 0 Å². The third-order valence-electron chi connectivity index (χ3n) is 5.67. The summed E-state index contributed by atoms with van der Waals surface area (Å²) in [6.45, 7) is 3.52. The Morgan fingerprint density at radius 3 is 2.55 bits per heavy atom. The maximum atomic E-state index is 6.26. The van der Waals surface area contributed by atoms with Crippen LogP contribution in [0.2, 0.25) is 5.02 Å². The van der Waals surface area contributed by atoms with Gasteiger partial charge in [-0.2, -0.15) is 0 Å². The highest BCUT2D eigenvalue weighted by Gasteiger charge is 2.40. The molecule has 0 bridgehead atoms. The summed E-state index contributed by atoms with van der Waals surface area (Å²) in [5.41, 5.74) is 1.82. The van der Waals surface area contributed by atoms with Crippen LogP contribution in [0.5, 0.6) is 5.75 Å². The second-order valence-electron chi connectivity index (χ2n) is 7.47. The van der Waals surface area contributed by atoms with Crippen LogP contribution in [0.1, 0.15) is 18.4 Å². The summed E-state index contributed by atoms with van der Waals surface area (Å²) < 4.78 is 17.8. The van der Waals surface area contributed by atoms with E-state index in [1.807, 2.05) is 36.4 Å². The summed E-state index contributed by atoms with van der Waals surface area (Å²) in [4.78, 5) is 7.23. The maximum absolute atomic E-state index is 6.26. The SMILES string of the molecule is Clc1ccccc1COc1cccc2ccc(N3CCC4(CC3)OCCO4)nc12. The third-order valence-corrected chi connectivity index (χ3v) is 6.04. The Hall–Kier alpha value is -2.34. The molecule has 29 heavy (non-hydrogen) atoms. The molecule has 0 radical (unpaired) electrons. The molecule has 5 nitrogen and oxygen atoms in total. The van der Waals surface area contributed by atoms with E-state index in [9.17, 15) is 0 Å². The van der Waals surface area contributed by atoms with E-state index < -0.39 is 0 Å². The fraction of sp³-hybridized carbons (Fsp3) is 0.348. The second-order valence-corrected chi connectivity index (χ2v) is 7.88. The van der Waals surface area contributed by atoms with E-state index >= 15 is 0 Å². The fourth-order valence-corrected chi connectivity index (χ4v) is 4.23. The molecule has 3 aromatic rings. The normalized spacial score (nSPS) is 18.4. The number of ether oxygens (including phenoxy) is 3. The Bertz CT molecular complexity index is 1010. The quantitative estimate of drug-likeness (QED) is 0.617. The average Bonchev–Trinajstić information content (AvgIpc) is 3.21. The van der Waals surface area contributed by atoms with Gasteiger partial charge in [0.2, 0.25) is 0 Å². The summed E-state index contributed by atoms with van der Waals surface area (Å²) in [5, 5.41) is 1.77. The van der Waals surface area contributed by atoms with Crippen molar-refractivity contribution in [3.63, 3.8) is 0 Å². The molecule has 6 heteroatoms. The summed E-state index contributed by atoms with van der Waals surface area (Å²) in [7, 11) is 0. The number of pyridine rings is 1. The van der Waals surface area contributed by atoms with Crippen LogP contribution in [0.15, 0.2) is 54.6 Å². The lowest BCUT2D eigenvalue weighted by atomic mass is 10.0. The lowest BCUT2D eigenvalue weighted by Gasteiger charge is -2.38. The van der Waals surface area contributed by atoms with Crippen molar-refractivity contribution < 1.29 is 14.2 Å². The van der Waals surface area contributed by atoms with E-state index in [1.54, 1.807) is 0 Å². The van der Waals surface area contributed by atoms with Crippen LogP contribution in [0, 0.1) is 0 Å². The molecule has 0 N–H and O–H groups in total. The second kappa shape index (κ2) is 7.82. The zero-order valence-electron chi connectivity index (χ0n) is 16.1. The Balaban J connectivity index is 1.37. The van der Waals surface area contributed by atoms with E-state index in [1.165, 1.54) is 0 Å². The average molecular weight is 411 g/mol. The molecule has 0 atom stereocenters. The van der Waals surface area contributed by atoms with Gasteiger partial charge >= 0.3 is 0 Å². The maximum Gasteiger partial charge on any atom is 0.171 e. The number of halogens is 1. The number of benzene rings is 2. The van der Waals surface area contributed by atoms with Crippen LogP contribution in [0.25, 0.3) is 10.9 Å². The standard InChI is InChI=1S/C23H23ClN2O3/c24-19-6-2-1-4-18(19)16-27-20-7-3-5-17-8-9-21(25-22(17)20)26-12-10-23(11-13-26)28-14-15-29-23/h1-9H,10-16H2. The Kier molecular flexibility index (Phi) is 5.04. The van der Waals surface area contributed by atoms with Crippen molar-refractivity contribution in [2.75, 3.05) is 31.2 Å². The van der Waals surface area contributed by atoms with Gasteiger partial charge in [-0.15, -0.1) is 0 Å². The minimum absolute atomic E-state index is 0.378. The van der Waals surface area contributed by atoms with Gasteiger partial charge in [-0.1, -0.05) is 41.9 Å². The number of aromatic nitrogens is 1. The number of hydrogen-bond acceptors (Lipinski definition) is 5. The van der Waals surface area contributed by atoms with Crippen molar-refractivity contribution in [2.45, 2.75) is 25.2 Å². The van der Waals surface area contributed by atoms with E-state index in [0.29, 0.717) is 24.8 Å². The van der Waals surface area contributed by atoms with Crippen molar-refractivity contribution in [1.82, 2.24) is 4.98 Å². The highest BCUT2D eigenvalue weighted by molar-refractivity contribution is 6.31. The molecule has 0 aliphatic carbocycles. The molecule has 2 fully saturated rings. The van der Waals surface area contributed by atoms with Gasteiger partial charge in [0.1, 0.15) is 23.7 Å². The minimum atomic E-state index is -0.378. The highest BCUT2D eigenvalue weighted by atomic mass is 35.5. The van der Waals surface area contributed by atoms with E-state index in [4.69, 9.17) is 30.8 Å². The van der Waals surface area contributed by atoms with Crippen LogP contribution in [0.4, 0.5) is 5.82 Å². The molecule has 2 saturated heterocycles. The summed E-state index contributed by atoms with van der Waals surface area (Å²) in [6.07, 6.45) is 1.72.